The first kappa shape index (κ1) is 13.9. The minimum absolute atomic E-state index is 0.106. The molecule has 8 heteroatoms. The van der Waals surface area contributed by atoms with Crippen LogP contribution in [0.3, 0.4) is 0 Å². The van der Waals surface area contributed by atoms with Gasteiger partial charge in [0.1, 0.15) is 10.5 Å². The van der Waals surface area contributed by atoms with Crippen LogP contribution >= 0.6 is 51.1 Å². The Morgan fingerprint density at radius 3 is 2.90 bits per heavy atom. The van der Waals surface area contributed by atoms with E-state index in [4.69, 9.17) is 23.8 Å². The number of nitrogens with one attached hydrogen (secondary N) is 1. The van der Waals surface area contributed by atoms with Crippen molar-refractivity contribution in [3.05, 3.63) is 54.0 Å². The fourth-order valence-corrected chi connectivity index (χ4v) is 3.97. The van der Waals surface area contributed by atoms with E-state index < -0.39 is 5.82 Å². The summed E-state index contributed by atoms with van der Waals surface area (Å²) in [6.45, 7) is 0. The second kappa shape index (κ2) is 5.07. The maximum Gasteiger partial charge on any atom is 0.276 e. The van der Waals surface area contributed by atoms with E-state index in [1.165, 1.54) is 22.0 Å². The Morgan fingerprint density at radius 2 is 2.20 bits per heavy atom. The average Bonchev–Trinajstić information content (AvgIpc) is 2.80. The molecule has 0 bridgehead atoms. The minimum atomic E-state index is -0.495. The van der Waals surface area contributed by atoms with Gasteiger partial charge in [-0.05, 0) is 51.7 Å². The number of hydrogen-bond donors (Lipinski definition) is 1. The molecule has 1 aromatic carbocycles. The van der Waals surface area contributed by atoms with Crippen LogP contribution < -0.4 is 5.56 Å². The molecule has 0 saturated carbocycles. The van der Waals surface area contributed by atoms with Gasteiger partial charge in [0.15, 0.2) is 4.77 Å². The van der Waals surface area contributed by atoms with Crippen molar-refractivity contribution >= 4 is 61.3 Å². The highest BCUT2D eigenvalue weighted by Crippen LogP contribution is 2.30. The molecule has 0 radical (unpaired) electrons. The SMILES string of the molecule is O=c1c2sccc2[nH]c(=S)n1-c1c(Cl)cc(F)cc1Br. The van der Waals surface area contributed by atoms with Gasteiger partial charge in [-0.2, -0.15) is 0 Å². The predicted molar refractivity (Wildman–Crippen MR) is 85.3 cm³/mol. The van der Waals surface area contributed by atoms with E-state index in [9.17, 15) is 9.18 Å². The molecule has 3 rings (SSSR count). The topological polar surface area (TPSA) is 37.8 Å². The van der Waals surface area contributed by atoms with Crippen LogP contribution in [0.5, 0.6) is 0 Å². The second-order valence-electron chi connectivity index (χ2n) is 3.95. The number of H-pyrrole nitrogens is 1. The molecule has 0 spiro atoms. The predicted octanol–water partition coefficient (Wildman–Crippen LogP) is 4.66. The molecule has 2 aromatic heterocycles. The van der Waals surface area contributed by atoms with Gasteiger partial charge in [0.25, 0.3) is 5.56 Å². The zero-order chi connectivity index (χ0) is 14.4. The Hall–Kier alpha value is -1.02. The summed E-state index contributed by atoms with van der Waals surface area (Å²) < 4.78 is 15.7. The van der Waals surface area contributed by atoms with Crippen molar-refractivity contribution in [3.63, 3.8) is 0 Å². The van der Waals surface area contributed by atoms with Crippen LogP contribution in [0, 0.1) is 10.6 Å². The average molecular weight is 392 g/mol. The van der Waals surface area contributed by atoms with Crippen molar-refractivity contribution in [1.29, 1.82) is 0 Å². The van der Waals surface area contributed by atoms with Crippen molar-refractivity contribution in [1.82, 2.24) is 9.55 Å². The Kier molecular flexibility index (Phi) is 3.53. The Balaban J connectivity index is 2.47. The molecule has 20 heavy (non-hydrogen) atoms. The number of thiophene rings is 1. The molecule has 0 aliphatic rings. The van der Waals surface area contributed by atoms with Crippen LogP contribution in [0.15, 0.2) is 32.8 Å². The van der Waals surface area contributed by atoms with Gasteiger partial charge >= 0.3 is 0 Å². The van der Waals surface area contributed by atoms with E-state index in [1.54, 1.807) is 11.4 Å². The first-order valence-electron chi connectivity index (χ1n) is 5.36. The summed E-state index contributed by atoms with van der Waals surface area (Å²) in [4.78, 5) is 15.5. The van der Waals surface area contributed by atoms with Crippen molar-refractivity contribution in [2.75, 3.05) is 0 Å². The minimum Gasteiger partial charge on any atom is -0.331 e. The summed E-state index contributed by atoms with van der Waals surface area (Å²) >= 11 is 15.8. The third-order valence-corrected chi connectivity index (χ3v) is 4.79. The van der Waals surface area contributed by atoms with Crippen LogP contribution in [0.25, 0.3) is 15.9 Å². The van der Waals surface area contributed by atoms with Crippen molar-refractivity contribution in [2.45, 2.75) is 0 Å². The number of nitrogens with zero attached hydrogens (tertiary/aromatic N) is 1. The third kappa shape index (κ3) is 2.14. The molecule has 0 aliphatic heterocycles. The number of rotatable bonds is 1. The van der Waals surface area contributed by atoms with Gasteiger partial charge in [0, 0.05) is 4.47 Å². The molecule has 0 amide bonds. The van der Waals surface area contributed by atoms with Gasteiger partial charge in [0.2, 0.25) is 0 Å². The first-order chi connectivity index (χ1) is 9.49. The molecular weight excluding hydrogens is 387 g/mol. The molecule has 3 aromatic rings. The van der Waals surface area contributed by atoms with Gasteiger partial charge in [-0.1, -0.05) is 11.6 Å². The van der Waals surface area contributed by atoms with Gasteiger partial charge in [-0.25, -0.2) is 8.96 Å². The highest BCUT2D eigenvalue weighted by atomic mass is 79.9. The van der Waals surface area contributed by atoms with Crippen molar-refractivity contribution < 1.29 is 4.39 Å². The standard InChI is InChI=1S/C12H5BrClFN2OS2/c13-6-3-5(15)4-7(14)9(6)17-11(18)10-8(1-2-20-10)16-12(17)19/h1-4H,(H,16,19). The number of fused-ring (bicyclic) bond motifs is 1. The maximum atomic E-state index is 13.3. The number of aromatic amines is 1. The monoisotopic (exact) mass is 390 g/mol. The van der Waals surface area contributed by atoms with E-state index in [-0.39, 0.29) is 15.4 Å². The lowest BCUT2D eigenvalue weighted by molar-refractivity contribution is 0.626. The fraction of sp³-hybridized carbons (Fsp3) is 0. The normalized spacial score (nSPS) is 11.2. The third-order valence-electron chi connectivity index (χ3n) is 2.71. The van der Waals surface area contributed by atoms with Crippen molar-refractivity contribution in [2.24, 2.45) is 0 Å². The molecule has 0 aliphatic carbocycles. The van der Waals surface area contributed by atoms with E-state index >= 15 is 0 Å². The molecule has 3 nitrogen and oxygen atoms in total. The van der Waals surface area contributed by atoms with E-state index in [2.05, 4.69) is 20.9 Å². The molecule has 0 fully saturated rings. The number of halogens is 3. The summed E-state index contributed by atoms with van der Waals surface area (Å²) in [7, 11) is 0. The Morgan fingerprint density at radius 1 is 1.45 bits per heavy atom. The highest BCUT2D eigenvalue weighted by Gasteiger charge is 2.15. The number of hydrogen-bond acceptors (Lipinski definition) is 3. The van der Waals surface area contributed by atoms with E-state index in [0.717, 1.165) is 6.07 Å². The molecule has 0 saturated heterocycles. The van der Waals surface area contributed by atoms with Crippen LogP contribution in [0.4, 0.5) is 4.39 Å². The van der Waals surface area contributed by atoms with Crippen LogP contribution in [0.2, 0.25) is 5.02 Å². The van der Waals surface area contributed by atoms with Crippen LogP contribution in [0.1, 0.15) is 0 Å². The van der Waals surface area contributed by atoms with Gasteiger partial charge in [0.05, 0.1) is 16.2 Å². The maximum absolute atomic E-state index is 13.3. The smallest absolute Gasteiger partial charge is 0.276 e. The summed E-state index contributed by atoms with van der Waals surface area (Å²) in [5, 5.41) is 1.90. The lowest BCUT2D eigenvalue weighted by atomic mass is 10.3. The second-order valence-corrected chi connectivity index (χ2v) is 6.52. The molecule has 102 valence electrons. The van der Waals surface area contributed by atoms with E-state index in [0.29, 0.717) is 20.4 Å². The van der Waals surface area contributed by atoms with Crippen LogP contribution in [-0.2, 0) is 0 Å². The zero-order valence-electron chi connectivity index (χ0n) is 9.62. The lowest BCUT2D eigenvalue weighted by Crippen LogP contribution is -2.20. The zero-order valence-corrected chi connectivity index (χ0v) is 13.6. The van der Waals surface area contributed by atoms with Gasteiger partial charge in [-0.15, -0.1) is 11.3 Å². The summed E-state index contributed by atoms with van der Waals surface area (Å²) in [5.74, 6) is -0.495. The Bertz CT molecular complexity index is 924. The first-order valence-corrected chi connectivity index (χ1v) is 7.82. The van der Waals surface area contributed by atoms with Gasteiger partial charge in [-0.3, -0.25) is 4.79 Å². The van der Waals surface area contributed by atoms with E-state index in [1.807, 2.05) is 0 Å². The Labute approximate surface area is 134 Å². The van der Waals surface area contributed by atoms with Gasteiger partial charge < -0.3 is 4.98 Å². The largest absolute Gasteiger partial charge is 0.331 e. The number of aromatic nitrogens is 2. The lowest BCUT2D eigenvalue weighted by Gasteiger charge is -2.10. The van der Waals surface area contributed by atoms with Crippen molar-refractivity contribution in [3.8, 4) is 5.69 Å². The van der Waals surface area contributed by atoms with Crippen LogP contribution in [-0.4, -0.2) is 9.55 Å². The highest BCUT2D eigenvalue weighted by molar-refractivity contribution is 9.10. The molecule has 2 heterocycles. The number of benzene rings is 1. The fourth-order valence-electron chi connectivity index (χ4n) is 1.89. The molecule has 0 atom stereocenters. The summed E-state index contributed by atoms with van der Waals surface area (Å²) in [6, 6.07) is 4.16. The molecule has 0 unspecified atom stereocenters. The molecular formula is C12H5BrClFN2OS2. The quantitative estimate of drug-likeness (QED) is 0.612. The summed E-state index contributed by atoms with van der Waals surface area (Å²) in [6.07, 6.45) is 0. The molecule has 1 N–H and O–H groups in total. The summed E-state index contributed by atoms with van der Waals surface area (Å²) in [5.41, 5.74) is 0.721.